The Morgan fingerprint density at radius 1 is 1.11 bits per heavy atom. The van der Waals surface area contributed by atoms with Crippen LogP contribution in [0, 0.1) is 0 Å². The van der Waals surface area contributed by atoms with Crippen molar-refractivity contribution in [3.63, 3.8) is 0 Å². The summed E-state index contributed by atoms with van der Waals surface area (Å²) in [5.74, 6) is 0.0905. The number of H-pyrrole nitrogens is 1. The summed E-state index contributed by atoms with van der Waals surface area (Å²) < 4.78 is 0. The summed E-state index contributed by atoms with van der Waals surface area (Å²) in [6.07, 6.45) is 4.37. The maximum atomic E-state index is 11.7. The Morgan fingerprint density at radius 3 is 2.83 bits per heavy atom. The molecule has 0 spiro atoms. The molecule has 0 aliphatic rings. The standard InChI is InChI=1S/C13H9N3O2/c17-10-3-9(5-14-6-10)8-1-2-12-11(4-8)13(18)16-7-15-12/h1-7,17H,(H,15,16,18). The minimum absolute atomic E-state index is 0.0905. The van der Waals surface area contributed by atoms with Gasteiger partial charge in [0.2, 0.25) is 0 Å². The third-order valence-electron chi connectivity index (χ3n) is 2.70. The van der Waals surface area contributed by atoms with Crippen LogP contribution in [0.15, 0.2) is 47.8 Å². The van der Waals surface area contributed by atoms with Gasteiger partial charge in [0.05, 0.1) is 23.4 Å². The van der Waals surface area contributed by atoms with E-state index in [1.165, 1.54) is 12.5 Å². The van der Waals surface area contributed by atoms with E-state index in [1.54, 1.807) is 24.4 Å². The topological polar surface area (TPSA) is 78.9 Å². The molecule has 0 fully saturated rings. The SMILES string of the molecule is O=c1[nH]cnc2ccc(-c3cncc(O)c3)cc12. The van der Waals surface area contributed by atoms with Crippen molar-refractivity contribution in [2.24, 2.45) is 0 Å². The smallest absolute Gasteiger partial charge is 0.258 e. The van der Waals surface area contributed by atoms with Crippen molar-refractivity contribution in [2.45, 2.75) is 0 Å². The minimum atomic E-state index is -0.185. The molecule has 3 aromatic rings. The van der Waals surface area contributed by atoms with Crippen LogP contribution in [0.2, 0.25) is 0 Å². The molecule has 0 saturated carbocycles. The lowest BCUT2D eigenvalue weighted by Gasteiger charge is -2.03. The van der Waals surface area contributed by atoms with Crippen molar-refractivity contribution in [1.29, 1.82) is 0 Å². The molecule has 0 unspecified atom stereocenters. The first kappa shape index (κ1) is 10.5. The molecule has 0 aliphatic heterocycles. The summed E-state index contributed by atoms with van der Waals surface area (Å²) in [7, 11) is 0. The van der Waals surface area contributed by atoms with Gasteiger partial charge in [-0.3, -0.25) is 9.78 Å². The molecule has 88 valence electrons. The summed E-state index contributed by atoms with van der Waals surface area (Å²) in [4.78, 5) is 22.2. The quantitative estimate of drug-likeness (QED) is 0.677. The van der Waals surface area contributed by atoms with Gasteiger partial charge in [0.1, 0.15) is 5.75 Å². The van der Waals surface area contributed by atoms with Crippen molar-refractivity contribution in [2.75, 3.05) is 0 Å². The highest BCUT2D eigenvalue weighted by Gasteiger charge is 2.04. The van der Waals surface area contributed by atoms with Crippen LogP contribution in [0.3, 0.4) is 0 Å². The van der Waals surface area contributed by atoms with Gasteiger partial charge in [-0.25, -0.2) is 4.98 Å². The second-order valence-electron chi connectivity index (χ2n) is 3.90. The molecule has 1 aromatic carbocycles. The zero-order chi connectivity index (χ0) is 12.5. The molecular weight excluding hydrogens is 230 g/mol. The molecule has 2 heterocycles. The van der Waals surface area contributed by atoms with E-state index < -0.39 is 0 Å². The Morgan fingerprint density at radius 2 is 2.00 bits per heavy atom. The van der Waals surface area contributed by atoms with Gasteiger partial charge in [0.15, 0.2) is 0 Å². The van der Waals surface area contributed by atoms with E-state index in [0.717, 1.165) is 11.1 Å². The molecular formula is C13H9N3O2. The average molecular weight is 239 g/mol. The second kappa shape index (κ2) is 3.96. The molecule has 2 aromatic heterocycles. The first-order chi connectivity index (χ1) is 8.74. The lowest BCUT2D eigenvalue weighted by atomic mass is 10.1. The highest BCUT2D eigenvalue weighted by Crippen LogP contribution is 2.23. The predicted octanol–water partition coefficient (Wildman–Crippen LogP) is 1.69. The zero-order valence-corrected chi connectivity index (χ0v) is 9.29. The van der Waals surface area contributed by atoms with Gasteiger partial charge in [0, 0.05) is 11.8 Å². The number of pyridine rings is 1. The van der Waals surface area contributed by atoms with E-state index in [9.17, 15) is 9.90 Å². The Hall–Kier alpha value is -2.69. The predicted molar refractivity (Wildman–Crippen MR) is 67.3 cm³/mol. The molecule has 0 atom stereocenters. The van der Waals surface area contributed by atoms with Gasteiger partial charge in [-0.05, 0) is 23.8 Å². The first-order valence-corrected chi connectivity index (χ1v) is 5.36. The molecule has 0 bridgehead atoms. The number of nitrogens with zero attached hydrogens (tertiary/aromatic N) is 2. The van der Waals surface area contributed by atoms with E-state index >= 15 is 0 Å². The van der Waals surface area contributed by atoms with Crippen LogP contribution in [0.5, 0.6) is 5.75 Å². The molecule has 18 heavy (non-hydrogen) atoms. The van der Waals surface area contributed by atoms with E-state index in [0.29, 0.717) is 10.9 Å². The van der Waals surface area contributed by atoms with Crippen LogP contribution in [-0.2, 0) is 0 Å². The average Bonchev–Trinajstić information content (AvgIpc) is 2.39. The van der Waals surface area contributed by atoms with Crippen molar-refractivity contribution < 1.29 is 5.11 Å². The van der Waals surface area contributed by atoms with E-state index in [-0.39, 0.29) is 11.3 Å². The van der Waals surface area contributed by atoms with Gasteiger partial charge >= 0.3 is 0 Å². The fourth-order valence-corrected chi connectivity index (χ4v) is 1.83. The Bertz CT molecular complexity index is 780. The molecule has 0 saturated heterocycles. The van der Waals surface area contributed by atoms with Crippen LogP contribution < -0.4 is 5.56 Å². The number of hydrogen-bond acceptors (Lipinski definition) is 4. The number of rotatable bonds is 1. The third-order valence-corrected chi connectivity index (χ3v) is 2.70. The fourth-order valence-electron chi connectivity index (χ4n) is 1.83. The summed E-state index contributed by atoms with van der Waals surface area (Å²) in [5.41, 5.74) is 2.01. The number of aromatic amines is 1. The molecule has 0 amide bonds. The summed E-state index contributed by atoms with van der Waals surface area (Å²) >= 11 is 0. The van der Waals surface area contributed by atoms with E-state index in [4.69, 9.17) is 0 Å². The lowest BCUT2D eigenvalue weighted by Crippen LogP contribution is -2.05. The second-order valence-corrected chi connectivity index (χ2v) is 3.90. The summed E-state index contributed by atoms with van der Waals surface area (Å²) in [6, 6.07) is 6.94. The lowest BCUT2D eigenvalue weighted by molar-refractivity contribution is 0.473. The van der Waals surface area contributed by atoms with Crippen LogP contribution >= 0.6 is 0 Å². The van der Waals surface area contributed by atoms with E-state index in [2.05, 4.69) is 15.0 Å². The Kier molecular flexibility index (Phi) is 2.30. The van der Waals surface area contributed by atoms with Crippen molar-refractivity contribution in [3.05, 3.63) is 53.3 Å². The molecule has 3 rings (SSSR count). The first-order valence-electron chi connectivity index (χ1n) is 5.36. The number of nitrogens with one attached hydrogen (secondary N) is 1. The molecule has 5 heteroatoms. The van der Waals surface area contributed by atoms with E-state index in [1.807, 2.05) is 6.07 Å². The van der Waals surface area contributed by atoms with Crippen LogP contribution in [0.4, 0.5) is 0 Å². The maximum Gasteiger partial charge on any atom is 0.258 e. The monoisotopic (exact) mass is 239 g/mol. The highest BCUT2D eigenvalue weighted by molar-refractivity contribution is 5.83. The molecule has 5 nitrogen and oxygen atoms in total. The zero-order valence-electron chi connectivity index (χ0n) is 9.29. The number of aromatic hydroxyl groups is 1. The van der Waals surface area contributed by atoms with Crippen molar-refractivity contribution in [1.82, 2.24) is 15.0 Å². The number of fused-ring (bicyclic) bond motifs is 1. The van der Waals surface area contributed by atoms with Gasteiger partial charge < -0.3 is 10.1 Å². The van der Waals surface area contributed by atoms with Gasteiger partial charge in [-0.2, -0.15) is 0 Å². The Labute approximate surface area is 102 Å². The van der Waals surface area contributed by atoms with Crippen molar-refractivity contribution >= 4 is 10.9 Å². The summed E-state index contributed by atoms with van der Waals surface area (Å²) in [6.45, 7) is 0. The maximum absolute atomic E-state index is 11.7. The number of aromatic nitrogens is 3. The third kappa shape index (κ3) is 1.71. The molecule has 0 aliphatic carbocycles. The van der Waals surface area contributed by atoms with Crippen molar-refractivity contribution in [3.8, 4) is 16.9 Å². The largest absolute Gasteiger partial charge is 0.506 e. The Balaban J connectivity index is 2.25. The fraction of sp³-hybridized carbons (Fsp3) is 0. The highest BCUT2D eigenvalue weighted by atomic mass is 16.3. The summed E-state index contributed by atoms with van der Waals surface area (Å²) in [5, 5.41) is 9.91. The van der Waals surface area contributed by atoms with Crippen LogP contribution in [0.25, 0.3) is 22.0 Å². The number of benzene rings is 1. The number of hydrogen-bond donors (Lipinski definition) is 2. The normalized spacial score (nSPS) is 10.7. The van der Waals surface area contributed by atoms with Crippen LogP contribution in [-0.4, -0.2) is 20.1 Å². The molecule has 2 N–H and O–H groups in total. The van der Waals surface area contributed by atoms with Gasteiger partial charge in [0.25, 0.3) is 5.56 Å². The van der Waals surface area contributed by atoms with Gasteiger partial charge in [-0.1, -0.05) is 6.07 Å². The van der Waals surface area contributed by atoms with Crippen LogP contribution in [0.1, 0.15) is 0 Å². The minimum Gasteiger partial charge on any atom is -0.506 e. The van der Waals surface area contributed by atoms with Gasteiger partial charge in [-0.15, -0.1) is 0 Å². The molecule has 0 radical (unpaired) electrons.